The molecule has 2 atom stereocenters. The third kappa shape index (κ3) is 1.81. The summed E-state index contributed by atoms with van der Waals surface area (Å²) in [6.45, 7) is 1.39. The molecule has 0 fully saturated rings. The Hall–Kier alpha value is -0.930. The van der Waals surface area contributed by atoms with Crippen LogP contribution in [0.2, 0.25) is 0 Å². The van der Waals surface area contributed by atoms with Gasteiger partial charge in [-0.25, -0.2) is 0 Å². The molecule has 1 rings (SSSR count). The van der Waals surface area contributed by atoms with E-state index in [-0.39, 0.29) is 12.2 Å². The summed E-state index contributed by atoms with van der Waals surface area (Å²) in [5.74, 6) is -0.142. The van der Waals surface area contributed by atoms with E-state index in [4.69, 9.17) is 0 Å². The zero-order valence-corrected chi connectivity index (χ0v) is 6.90. The minimum atomic E-state index is -1.40. The van der Waals surface area contributed by atoms with Gasteiger partial charge in [0.2, 0.25) is 0 Å². The van der Waals surface area contributed by atoms with Gasteiger partial charge in [-0.3, -0.25) is 4.79 Å². The fraction of sp³-hybridized carbons (Fsp3) is 0.444. The molecule has 0 aromatic rings. The molecule has 66 valence electrons. The highest BCUT2D eigenvalue weighted by Gasteiger charge is 2.33. The molecule has 0 radical (unpaired) electrons. The minimum absolute atomic E-state index is 0.0466. The molecule has 3 heteroatoms. The van der Waals surface area contributed by atoms with Crippen LogP contribution < -0.4 is 0 Å². The maximum atomic E-state index is 10.7. The summed E-state index contributed by atoms with van der Waals surface area (Å²) in [4.78, 5) is 10.7. The van der Waals surface area contributed by atoms with Gasteiger partial charge in [0.05, 0.1) is 0 Å². The zero-order valence-electron chi connectivity index (χ0n) is 6.90. The van der Waals surface area contributed by atoms with Crippen molar-refractivity contribution in [3.63, 3.8) is 0 Å². The van der Waals surface area contributed by atoms with Crippen LogP contribution in [-0.2, 0) is 4.79 Å². The second kappa shape index (κ2) is 3.21. The van der Waals surface area contributed by atoms with E-state index in [0.717, 1.165) is 0 Å². The molecule has 0 amide bonds. The topological polar surface area (TPSA) is 57.5 Å². The Kier molecular flexibility index (Phi) is 2.45. The van der Waals surface area contributed by atoms with E-state index in [1.54, 1.807) is 12.2 Å². The number of aliphatic hydroxyl groups excluding tert-OH is 1. The van der Waals surface area contributed by atoms with Crippen molar-refractivity contribution in [1.82, 2.24) is 0 Å². The summed E-state index contributed by atoms with van der Waals surface area (Å²) in [7, 11) is 0. The molecule has 1 aliphatic rings. The Morgan fingerprint density at radius 2 is 2.25 bits per heavy atom. The average molecular weight is 168 g/mol. The predicted octanol–water partition coefficient (Wildman–Crippen LogP) is 0.183. The Labute approximate surface area is 71.0 Å². The first-order valence-electron chi connectivity index (χ1n) is 3.80. The van der Waals surface area contributed by atoms with Gasteiger partial charge in [-0.2, -0.15) is 0 Å². The van der Waals surface area contributed by atoms with Crippen LogP contribution in [0.25, 0.3) is 0 Å². The lowest BCUT2D eigenvalue weighted by Gasteiger charge is -2.28. The van der Waals surface area contributed by atoms with E-state index in [0.29, 0.717) is 0 Å². The molecule has 0 aromatic carbocycles. The lowest BCUT2D eigenvalue weighted by molar-refractivity contribution is -0.123. The van der Waals surface area contributed by atoms with Crippen molar-refractivity contribution in [3.05, 3.63) is 24.3 Å². The first-order valence-corrected chi connectivity index (χ1v) is 3.80. The SMILES string of the molecule is CC(=O)CC1(O)C=CC=CC1O. The first-order chi connectivity index (χ1) is 5.54. The van der Waals surface area contributed by atoms with Crippen molar-refractivity contribution in [3.8, 4) is 0 Å². The van der Waals surface area contributed by atoms with Crippen LogP contribution in [0.4, 0.5) is 0 Å². The van der Waals surface area contributed by atoms with Crippen molar-refractivity contribution in [2.75, 3.05) is 0 Å². The highest BCUT2D eigenvalue weighted by Crippen LogP contribution is 2.22. The Balaban J connectivity index is 2.76. The van der Waals surface area contributed by atoms with Crippen molar-refractivity contribution >= 4 is 5.78 Å². The van der Waals surface area contributed by atoms with E-state index in [1.807, 2.05) is 0 Å². The molecule has 0 saturated heterocycles. The lowest BCUT2D eigenvalue weighted by atomic mass is 9.88. The maximum Gasteiger partial charge on any atom is 0.133 e. The van der Waals surface area contributed by atoms with Gasteiger partial charge < -0.3 is 10.2 Å². The Morgan fingerprint density at radius 3 is 2.75 bits per heavy atom. The summed E-state index contributed by atoms with van der Waals surface area (Å²) in [6, 6.07) is 0. The minimum Gasteiger partial charge on any atom is -0.386 e. The highest BCUT2D eigenvalue weighted by molar-refractivity contribution is 5.77. The molecule has 0 bridgehead atoms. The summed E-state index contributed by atoms with van der Waals surface area (Å²) >= 11 is 0. The molecule has 0 saturated carbocycles. The molecule has 12 heavy (non-hydrogen) atoms. The number of hydrogen-bond acceptors (Lipinski definition) is 3. The molecule has 0 aliphatic heterocycles. The van der Waals surface area contributed by atoms with Crippen molar-refractivity contribution in [1.29, 1.82) is 0 Å². The van der Waals surface area contributed by atoms with Crippen molar-refractivity contribution < 1.29 is 15.0 Å². The van der Waals surface area contributed by atoms with Crippen LogP contribution in [0.15, 0.2) is 24.3 Å². The number of hydrogen-bond donors (Lipinski definition) is 2. The van der Waals surface area contributed by atoms with Gasteiger partial charge in [-0.15, -0.1) is 0 Å². The number of Topliss-reactive ketones (excluding diaryl/α,β-unsaturated/α-hetero) is 1. The molecule has 1 aliphatic carbocycles. The molecular formula is C9H12O3. The van der Waals surface area contributed by atoms with Gasteiger partial charge in [0, 0.05) is 6.42 Å². The number of carbonyl (C=O) groups is 1. The molecule has 0 spiro atoms. The van der Waals surface area contributed by atoms with E-state index < -0.39 is 11.7 Å². The summed E-state index contributed by atoms with van der Waals surface area (Å²) in [5.41, 5.74) is -1.40. The van der Waals surface area contributed by atoms with Gasteiger partial charge in [0.25, 0.3) is 0 Å². The monoisotopic (exact) mass is 168 g/mol. The normalized spacial score (nSPS) is 33.8. The predicted molar refractivity (Wildman–Crippen MR) is 44.5 cm³/mol. The largest absolute Gasteiger partial charge is 0.386 e. The Bertz CT molecular complexity index is 242. The smallest absolute Gasteiger partial charge is 0.133 e. The number of ketones is 1. The fourth-order valence-corrected chi connectivity index (χ4v) is 1.22. The van der Waals surface area contributed by atoms with Crippen LogP contribution in [0, 0.1) is 0 Å². The average Bonchev–Trinajstić information content (AvgIpc) is 1.94. The summed E-state index contributed by atoms with van der Waals surface area (Å²) < 4.78 is 0. The number of aliphatic hydroxyl groups is 2. The van der Waals surface area contributed by atoms with Crippen LogP contribution in [0.1, 0.15) is 13.3 Å². The van der Waals surface area contributed by atoms with Crippen LogP contribution >= 0.6 is 0 Å². The van der Waals surface area contributed by atoms with Crippen LogP contribution in [0.3, 0.4) is 0 Å². The summed E-state index contributed by atoms with van der Waals surface area (Å²) in [6.07, 6.45) is 5.14. The molecule has 2 N–H and O–H groups in total. The fourth-order valence-electron chi connectivity index (χ4n) is 1.22. The first kappa shape index (κ1) is 9.16. The second-order valence-corrected chi connectivity index (χ2v) is 3.06. The van der Waals surface area contributed by atoms with Gasteiger partial charge >= 0.3 is 0 Å². The van der Waals surface area contributed by atoms with Gasteiger partial charge in [0.1, 0.15) is 17.5 Å². The van der Waals surface area contributed by atoms with Crippen LogP contribution in [0.5, 0.6) is 0 Å². The molecule has 0 heterocycles. The second-order valence-electron chi connectivity index (χ2n) is 3.06. The van der Waals surface area contributed by atoms with Gasteiger partial charge in [-0.05, 0) is 13.0 Å². The van der Waals surface area contributed by atoms with Crippen molar-refractivity contribution in [2.24, 2.45) is 0 Å². The number of carbonyl (C=O) groups excluding carboxylic acids is 1. The van der Waals surface area contributed by atoms with Crippen molar-refractivity contribution in [2.45, 2.75) is 25.0 Å². The lowest BCUT2D eigenvalue weighted by Crippen LogP contribution is -2.41. The maximum absolute atomic E-state index is 10.7. The number of allylic oxidation sites excluding steroid dienone is 2. The molecule has 0 aromatic heterocycles. The third-order valence-corrected chi connectivity index (χ3v) is 1.83. The standard InChI is InChI=1S/C9H12O3/c1-7(10)6-9(12)5-3-2-4-8(9)11/h2-5,8,11-12H,6H2,1H3. The highest BCUT2D eigenvalue weighted by atomic mass is 16.3. The molecule has 2 unspecified atom stereocenters. The van der Waals surface area contributed by atoms with E-state index in [1.165, 1.54) is 19.1 Å². The third-order valence-electron chi connectivity index (χ3n) is 1.83. The molecule has 3 nitrogen and oxygen atoms in total. The van der Waals surface area contributed by atoms with E-state index in [2.05, 4.69) is 0 Å². The quantitative estimate of drug-likeness (QED) is 0.618. The van der Waals surface area contributed by atoms with E-state index >= 15 is 0 Å². The molecular weight excluding hydrogens is 156 g/mol. The van der Waals surface area contributed by atoms with Crippen LogP contribution in [-0.4, -0.2) is 27.7 Å². The Morgan fingerprint density at radius 1 is 1.58 bits per heavy atom. The van der Waals surface area contributed by atoms with E-state index in [9.17, 15) is 15.0 Å². The van der Waals surface area contributed by atoms with Gasteiger partial charge in [0.15, 0.2) is 0 Å². The summed E-state index contributed by atoms with van der Waals surface area (Å²) in [5, 5.41) is 19.0. The zero-order chi connectivity index (χ0) is 9.19. The van der Waals surface area contributed by atoms with Gasteiger partial charge in [-0.1, -0.05) is 18.2 Å². The number of rotatable bonds is 2.